The van der Waals surface area contributed by atoms with Crippen LogP contribution < -0.4 is 10.7 Å². The summed E-state index contributed by atoms with van der Waals surface area (Å²) in [5, 5.41) is 7.06. The van der Waals surface area contributed by atoms with Gasteiger partial charge in [0.05, 0.1) is 12.8 Å². The Kier molecular flexibility index (Phi) is 5.10. The summed E-state index contributed by atoms with van der Waals surface area (Å²) in [6.45, 7) is 4.19. The fourth-order valence-corrected chi connectivity index (χ4v) is 1.89. The van der Waals surface area contributed by atoms with Crippen molar-refractivity contribution >= 4 is 17.8 Å². The molecule has 0 aliphatic rings. The van der Waals surface area contributed by atoms with E-state index in [1.165, 1.54) is 0 Å². The number of nitrogens with one attached hydrogen (secondary N) is 2. The Balaban J connectivity index is 1.83. The van der Waals surface area contributed by atoms with E-state index in [9.17, 15) is 4.79 Å². The van der Waals surface area contributed by atoms with E-state index in [0.717, 1.165) is 22.4 Å². The highest BCUT2D eigenvalue weighted by Gasteiger charge is 2.01. The van der Waals surface area contributed by atoms with E-state index in [1.807, 2.05) is 62.4 Å². The normalized spacial score (nSPS) is 10.6. The number of nitrogens with zero attached hydrogens (tertiary/aromatic N) is 1. The minimum Gasteiger partial charge on any atom is -0.376 e. The average Bonchev–Trinajstić information content (AvgIpc) is 2.48. The van der Waals surface area contributed by atoms with Crippen molar-refractivity contribution in [1.29, 1.82) is 0 Å². The summed E-state index contributed by atoms with van der Waals surface area (Å²) in [5.41, 5.74) is 6.69. The average molecular weight is 281 g/mol. The van der Waals surface area contributed by atoms with E-state index in [4.69, 9.17) is 0 Å². The fraction of sp³-hybridized carbons (Fsp3) is 0.176. The first-order valence-corrected chi connectivity index (χ1v) is 6.84. The molecule has 0 atom stereocenters. The maximum atomic E-state index is 11.7. The van der Waals surface area contributed by atoms with Gasteiger partial charge in [-0.05, 0) is 36.6 Å². The highest BCUT2D eigenvalue weighted by molar-refractivity contribution is 5.85. The number of benzene rings is 2. The molecule has 0 unspecified atom stereocenters. The zero-order valence-corrected chi connectivity index (χ0v) is 12.3. The summed E-state index contributed by atoms with van der Waals surface area (Å²) in [6.07, 6.45) is 1.65. The first-order valence-electron chi connectivity index (χ1n) is 6.84. The second-order valence-corrected chi connectivity index (χ2v) is 4.82. The molecule has 108 valence electrons. The third kappa shape index (κ3) is 4.45. The van der Waals surface area contributed by atoms with E-state index in [1.54, 1.807) is 6.21 Å². The predicted molar refractivity (Wildman–Crippen MR) is 86.6 cm³/mol. The Morgan fingerprint density at radius 2 is 1.71 bits per heavy atom. The second kappa shape index (κ2) is 7.24. The number of hydrogen-bond acceptors (Lipinski definition) is 3. The van der Waals surface area contributed by atoms with Crippen LogP contribution in [0.2, 0.25) is 0 Å². The molecule has 0 fully saturated rings. The number of para-hydroxylation sites is 1. The Bertz CT molecular complexity index is 650. The number of hydrogen-bond donors (Lipinski definition) is 2. The van der Waals surface area contributed by atoms with Crippen LogP contribution in [0.4, 0.5) is 5.69 Å². The van der Waals surface area contributed by atoms with Gasteiger partial charge in [-0.1, -0.05) is 42.5 Å². The smallest absolute Gasteiger partial charge is 0.259 e. The molecule has 0 saturated carbocycles. The number of anilines is 1. The van der Waals surface area contributed by atoms with Crippen molar-refractivity contribution in [3.05, 3.63) is 65.2 Å². The van der Waals surface area contributed by atoms with Crippen LogP contribution in [0.3, 0.4) is 0 Å². The number of rotatable bonds is 5. The molecule has 2 N–H and O–H groups in total. The van der Waals surface area contributed by atoms with Crippen molar-refractivity contribution in [2.45, 2.75) is 13.8 Å². The number of amides is 1. The zero-order valence-electron chi connectivity index (χ0n) is 12.3. The number of aryl methyl sites for hydroxylation is 2. The molecule has 0 aliphatic heterocycles. The Labute approximate surface area is 124 Å². The summed E-state index contributed by atoms with van der Waals surface area (Å²) in [6, 6.07) is 15.7. The minimum atomic E-state index is -0.178. The topological polar surface area (TPSA) is 53.5 Å². The van der Waals surface area contributed by atoms with Crippen molar-refractivity contribution in [2.24, 2.45) is 5.10 Å². The van der Waals surface area contributed by atoms with Gasteiger partial charge in [0, 0.05) is 5.69 Å². The Morgan fingerprint density at radius 3 is 2.43 bits per heavy atom. The SMILES string of the molecule is Cc1ccccc1/C=N\NC(=O)CNc1ccccc1C. The third-order valence-electron chi connectivity index (χ3n) is 3.17. The van der Waals surface area contributed by atoms with Gasteiger partial charge in [0.15, 0.2) is 0 Å². The molecule has 2 aromatic carbocycles. The van der Waals surface area contributed by atoms with Crippen LogP contribution in [0.5, 0.6) is 0 Å². The summed E-state index contributed by atoms with van der Waals surface area (Å²) < 4.78 is 0. The van der Waals surface area contributed by atoms with Crippen LogP contribution in [0.25, 0.3) is 0 Å². The highest BCUT2D eigenvalue weighted by Crippen LogP contribution is 2.12. The van der Waals surface area contributed by atoms with Gasteiger partial charge in [0.25, 0.3) is 5.91 Å². The Hall–Kier alpha value is -2.62. The van der Waals surface area contributed by atoms with Crippen molar-refractivity contribution in [1.82, 2.24) is 5.43 Å². The molecule has 0 saturated heterocycles. The lowest BCUT2D eigenvalue weighted by Gasteiger charge is -2.07. The van der Waals surface area contributed by atoms with Gasteiger partial charge in [-0.25, -0.2) is 5.43 Å². The van der Waals surface area contributed by atoms with Gasteiger partial charge in [-0.2, -0.15) is 5.10 Å². The lowest BCUT2D eigenvalue weighted by atomic mass is 10.1. The van der Waals surface area contributed by atoms with E-state index < -0.39 is 0 Å². The molecule has 0 bridgehead atoms. The molecule has 21 heavy (non-hydrogen) atoms. The standard InChI is InChI=1S/C17H19N3O/c1-13-7-3-5-9-15(13)11-19-20-17(21)12-18-16-10-6-4-8-14(16)2/h3-11,18H,12H2,1-2H3,(H,20,21)/b19-11-. The fourth-order valence-electron chi connectivity index (χ4n) is 1.89. The summed E-state index contributed by atoms with van der Waals surface area (Å²) in [5.74, 6) is -0.178. The van der Waals surface area contributed by atoms with Crippen LogP contribution in [-0.4, -0.2) is 18.7 Å². The molecular weight excluding hydrogens is 262 g/mol. The zero-order chi connectivity index (χ0) is 15.1. The molecule has 0 heterocycles. The van der Waals surface area contributed by atoms with Gasteiger partial charge in [0.1, 0.15) is 0 Å². The number of hydrazone groups is 1. The van der Waals surface area contributed by atoms with Crippen molar-refractivity contribution in [2.75, 3.05) is 11.9 Å². The van der Waals surface area contributed by atoms with Crippen LogP contribution >= 0.6 is 0 Å². The van der Waals surface area contributed by atoms with E-state index >= 15 is 0 Å². The van der Waals surface area contributed by atoms with E-state index in [0.29, 0.717) is 0 Å². The van der Waals surface area contributed by atoms with Gasteiger partial charge in [-0.15, -0.1) is 0 Å². The monoisotopic (exact) mass is 281 g/mol. The van der Waals surface area contributed by atoms with Gasteiger partial charge < -0.3 is 5.32 Å². The Morgan fingerprint density at radius 1 is 1.05 bits per heavy atom. The molecule has 2 rings (SSSR count). The molecule has 0 aromatic heterocycles. The molecule has 0 radical (unpaired) electrons. The van der Waals surface area contributed by atoms with Crippen molar-refractivity contribution in [3.63, 3.8) is 0 Å². The maximum absolute atomic E-state index is 11.7. The summed E-state index contributed by atoms with van der Waals surface area (Å²) >= 11 is 0. The highest BCUT2D eigenvalue weighted by atomic mass is 16.2. The largest absolute Gasteiger partial charge is 0.376 e. The summed E-state index contributed by atoms with van der Waals surface area (Å²) in [7, 11) is 0. The van der Waals surface area contributed by atoms with Gasteiger partial charge in [0.2, 0.25) is 0 Å². The van der Waals surface area contributed by atoms with Crippen LogP contribution in [0, 0.1) is 13.8 Å². The van der Waals surface area contributed by atoms with Crippen LogP contribution in [-0.2, 0) is 4.79 Å². The van der Waals surface area contributed by atoms with Gasteiger partial charge >= 0.3 is 0 Å². The van der Waals surface area contributed by atoms with Crippen molar-refractivity contribution in [3.8, 4) is 0 Å². The van der Waals surface area contributed by atoms with Gasteiger partial charge in [-0.3, -0.25) is 4.79 Å². The molecule has 2 aromatic rings. The first kappa shape index (κ1) is 14.8. The third-order valence-corrected chi connectivity index (χ3v) is 3.17. The molecule has 0 spiro atoms. The molecule has 0 aliphatic carbocycles. The lowest BCUT2D eigenvalue weighted by Crippen LogP contribution is -2.26. The minimum absolute atomic E-state index is 0.178. The maximum Gasteiger partial charge on any atom is 0.259 e. The quantitative estimate of drug-likeness (QED) is 0.654. The molecule has 1 amide bonds. The van der Waals surface area contributed by atoms with E-state index in [2.05, 4.69) is 15.8 Å². The first-order chi connectivity index (χ1) is 10.2. The molecule has 4 heteroatoms. The van der Waals surface area contributed by atoms with Crippen LogP contribution in [0.15, 0.2) is 53.6 Å². The van der Waals surface area contributed by atoms with Crippen LogP contribution in [0.1, 0.15) is 16.7 Å². The summed E-state index contributed by atoms with van der Waals surface area (Å²) in [4.78, 5) is 11.7. The molecular formula is C17H19N3O. The predicted octanol–water partition coefficient (Wildman–Crippen LogP) is 2.87. The number of carbonyl (C=O) groups is 1. The van der Waals surface area contributed by atoms with E-state index in [-0.39, 0.29) is 12.5 Å². The second-order valence-electron chi connectivity index (χ2n) is 4.82. The molecule has 4 nitrogen and oxygen atoms in total. The number of carbonyl (C=O) groups excluding carboxylic acids is 1. The lowest BCUT2D eigenvalue weighted by molar-refractivity contribution is -0.119. The van der Waals surface area contributed by atoms with Crippen molar-refractivity contribution < 1.29 is 4.79 Å².